The van der Waals surface area contributed by atoms with Crippen molar-refractivity contribution in [2.75, 3.05) is 0 Å². The zero-order valence-corrected chi connectivity index (χ0v) is 18.1. The summed E-state index contributed by atoms with van der Waals surface area (Å²) in [5, 5.41) is 0. The van der Waals surface area contributed by atoms with Crippen LogP contribution >= 0.6 is 0 Å². The van der Waals surface area contributed by atoms with Gasteiger partial charge in [-0.05, 0) is 44.9 Å². The van der Waals surface area contributed by atoms with Crippen LogP contribution in [0.15, 0.2) is 36.5 Å². The first-order valence-electron chi connectivity index (χ1n) is 11.1. The normalized spacial score (nSPS) is 14.2. The molecule has 0 aliphatic carbocycles. The van der Waals surface area contributed by atoms with E-state index in [-0.39, 0.29) is 0 Å². The van der Waals surface area contributed by atoms with Gasteiger partial charge < -0.3 is 0 Å². The van der Waals surface area contributed by atoms with Gasteiger partial charge in [-0.2, -0.15) is 0 Å². The van der Waals surface area contributed by atoms with E-state index in [2.05, 4.69) is 69.1 Å². The Balaban J connectivity index is 3.90. The highest BCUT2D eigenvalue weighted by Crippen LogP contribution is 2.17. The minimum absolute atomic E-state index is 0.586. The lowest BCUT2D eigenvalue weighted by atomic mass is 9.96. The molecule has 148 valence electrons. The van der Waals surface area contributed by atoms with E-state index in [9.17, 15) is 0 Å². The fourth-order valence-electron chi connectivity index (χ4n) is 3.06. The van der Waals surface area contributed by atoms with Gasteiger partial charge in [-0.3, -0.25) is 0 Å². The molecule has 0 aromatic heterocycles. The number of rotatable bonds is 16. The van der Waals surface area contributed by atoms with Crippen LogP contribution in [0, 0.1) is 23.7 Å². The van der Waals surface area contributed by atoms with Crippen molar-refractivity contribution in [3.63, 3.8) is 0 Å². The van der Waals surface area contributed by atoms with Crippen molar-refractivity contribution in [2.24, 2.45) is 11.8 Å². The summed E-state index contributed by atoms with van der Waals surface area (Å²) in [4.78, 5) is 0. The summed E-state index contributed by atoms with van der Waals surface area (Å²) in [5.74, 6) is 7.76. The van der Waals surface area contributed by atoms with Crippen LogP contribution in [0.25, 0.3) is 0 Å². The van der Waals surface area contributed by atoms with Gasteiger partial charge in [0.25, 0.3) is 0 Å². The van der Waals surface area contributed by atoms with Crippen LogP contribution in [0.2, 0.25) is 0 Å². The number of hydrogen-bond donors (Lipinski definition) is 0. The maximum absolute atomic E-state index is 3.42. The number of unbranched alkanes of at least 4 members (excludes halogenated alkanes) is 6. The van der Waals surface area contributed by atoms with E-state index in [1.54, 1.807) is 0 Å². The van der Waals surface area contributed by atoms with Crippen molar-refractivity contribution in [1.29, 1.82) is 0 Å². The number of hydrogen-bond acceptors (Lipinski definition) is 0. The molecule has 0 bridgehead atoms. The van der Waals surface area contributed by atoms with Gasteiger partial charge in [0, 0.05) is 5.92 Å². The average Bonchev–Trinajstić information content (AvgIpc) is 2.64. The van der Waals surface area contributed by atoms with Gasteiger partial charge in [-0.15, -0.1) is 11.8 Å². The van der Waals surface area contributed by atoms with E-state index in [4.69, 9.17) is 0 Å². The van der Waals surface area contributed by atoms with Gasteiger partial charge >= 0.3 is 0 Å². The maximum atomic E-state index is 3.42. The highest BCUT2D eigenvalue weighted by atomic mass is 14.1. The van der Waals surface area contributed by atoms with E-state index >= 15 is 0 Å². The molecule has 0 saturated heterocycles. The van der Waals surface area contributed by atoms with Crippen LogP contribution in [0.5, 0.6) is 0 Å². The first-order chi connectivity index (χ1) is 12.7. The van der Waals surface area contributed by atoms with Crippen molar-refractivity contribution in [3.8, 4) is 11.8 Å². The highest BCUT2D eigenvalue weighted by Gasteiger charge is 2.03. The van der Waals surface area contributed by atoms with E-state index in [1.165, 1.54) is 64.2 Å². The topological polar surface area (TPSA) is 0 Å². The zero-order chi connectivity index (χ0) is 19.3. The van der Waals surface area contributed by atoms with Crippen LogP contribution in [-0.4, -0.2) is 0 Å². The lowest BCUT2D eigenvalue weighted by Crippen LogP contribution is -1.97. The molecule has 0 nitrogen and oxygen atoms in total. The first kappa shape index (κ1) is 24.8. The van der Waals surface area contributed by atoms with Gasteiger partial charge in [0.2, 0.25) is 0 Å². The van der Waals surface area contributed by atoms with Crippen molar-refractivity contribution in [2.45, 2.75) is 105 Å². The molecule has 0 aromatic rings. The SMILES string of the molecule is CC#CC(CC/C=C/C=C/C(C)C/C=C\CCC)CCCCCCCC. The predicted molar refractivity (Wildman–Crippen MR) is 120 cm³/mol. The molecular formula is C26H44. The maximum Gasteiger partial charge on any atom is 0.0205 e. The Morgan fingerprint density at radius 1 is 0.769 bits per heavy atom. The third-order valence-electron chi connectivity index (χ3n) is 4.75. The molecule has 0 saturated carbocycles. The molecule has 0 spiro atoms. The third-order valence-corrected chi connectivity index (χ3v) is 4.75. The van der Waals surface area contributed by atoms with Gasteiger partial charge in [-0.1, -0.05) is 102 Å². The van der Waals surface area contributed by atoms with Crippen LogP contribution in [-0.2, 0) is 0 Å². The summed E-state index contributed by atoms with van der Waals surface area (Å²) in [6.45, 7) is 8.76. The quantitative estimate of drug-likeness (QED) is 0.112. The largest absolute Gasteiger partial charge is 0.106 e. The second-order valence-corrected chi connectivity index (χ2v) is 7.51. The summed E-state index contributed by atoms with van der Waals surface area (Å²) in [7, 11) is 0. The Morgan fingerprint density at radius 3 is 2.27 bits per heavy atom. The summed E-state index contributed by atoms with van der Waals surface area (Å²) in [6.07, 6.45) is 29.1. The molecule has 0 aliphatic heterocycles. The smallest absolute Gasteiger partial charge is 0.0205 e. The van der Waals surface area contributed by atoms with Gasteiger partial charge in [0.1, 0.15) is 0 Å². The van der Waals surface area contributed by atoms with E-state index < -0.39 is 0 Å². The Morgan fingerprint density at radius 2 is 1.54 bits per heavy atom. The zero-order valence-electron chi connectivity index (χ0n) is 18.1. The molecule has 0 amide bonds. The predicted octanol–water partition coefficient (Wildman–Crippen LogP) is 8.65. The molecule has 0 radical (unpaired) electrons. The fourth-order valence-corrected chi connectivity index (χ4v) is 3.06. The van der Waals surface area contributed by atoms with Crippen LogP contribution in [0.4, 0.5) is 0 Å². The number of allylic oxidation sites excluding steroid dienone is 6. The molecular weight excluding hydrogens is 312 g/mol. The molecule has 0 heterocycles. The summed E-state index contributed by atoms with van der Waals surface area (Å²) in [6, 6.07) is 0. The third kappa shape index (κ3) is 17.6. The Hall–Kier alpha value is -1.22. The fraction of sp³-hybridized carbons (Fsp3) is 0.692. The molecule has 2 unspecified atom stereocenters. The summed E-state index contributed by atoms with van der Waals surface area (Å²) < 4.78 is 0. The lowest BCUT2D eigenvalue weighted by Gasteiger charge is -2.09. The van der Waals surface area contributed by atoms with Crippen molar-refractivity contribution < 1.29 is 0 Å². The molecule has 0 aliphatic rings. The minimum Gasteiger partial charge on any atom is -0.106 e. The standard InChI is InChI=1S/C26H44/c1-5-8-10-12-13-18-23-26(20-7-3)24-19-15-14-17-22-25(4)21-16-11-9-6-2/h11,14-17,22,25-26H,5-6,8-10,12-13,18-19,21,23-24H2,1-4H3/b15-14+,16-11-,22-17+. The van der Waals surface area contributed by atoms with Gasteiger partial charge in [0.05, 0.1) is 0 Å². The lowest BCUT2D eigenvalue weighted by molar-refractivity contribution is 0.508. The molecule has 2 atom stereocenters. The molecule has 0 rings (SSSR count). The van der Waals surface area contributed by atoms with E-state index in [0.717, 1.165) is 12.8 Å². The monoisotopic (exact) mass is 356 g/mol. The average molecular weight is 357 g/mol. The van der Waals surface area contributed by atoms with Crippen molar-refractivity contribution in [1.82, 2.24) is 0 Å². The Bertz CT molecular complexity index is 427. The second-order valence-electron chi connectivity index (χ2n) is 7.51. The van der Waals surface area contributed by atoms with E-state index in [0.29, 0.717) is 11.8 Å². The van der Waals surface area contributed by atoms with Gasteiger partial charge in [0.15, 0.2) is 0 Å². The minimum atomic E-state index is 0.586. The van der Waals surface area contributed by atoms with Crippen LogP contribution < -0.4 is 0 Å². The molecule has 26 heavy (non-hydrogen) atoms. The van der Waals surface area contributed by atoms with Gasteiger partial charge in [-0.25, -0.2) is 0 Å². The Labute approximate surface area is 165 Å². The molecule has 0 heteroatoms. The summed E-state index contributed by atoms with van der Waals surface area (Å²) >= 11 is 0. The molecule has 0 fully saturated rings. The van der Waals surface area contributed by atoms with Crippen molar-refractivity contribution >= 4 is 0 Å². The van der Waals surface area contributed by atoms with E-state index in [1.807, 2.05) is 6.92 Å². The first-order valence-corrected chi connectivity index (χ1v) is 11.1. The Kier molecular flexibility index (Phi) is 19.2. The molecule has 0 aromatic carbocycles. The van der Waals surface area contributed by atoms with Crippen LogP contribution in [0.3, 0.4) is 0 Å². The summed E-state index contributed by atoms with van der Waals surface area (Å²) in [5.41, 5.74) is 0. The van der Waals surface area contributed by atoms with Crippen LogP contribution in [0.1, 0.15) is 105 Å². The highest BCUT2D eigenvalue weighted by molar-refractivity contribution is 5.06. The van der Waals surface area contributed by atoms with Crippen molar-refractivity contribution in [3.05, 3.63) is 36.5 Å². The second kappa shape index (κ2) is 20.1. The molecule has 0 N–H and O–H groups in total.